The van der Waals surface area contributed by atoms with Crippen LogP contribution >= 0.6 is 0 Å². The fourth-order valence-electron chi connectivity index (χ4n) is 0.461. The zero-order valence-corrected chi connectivity index (χ0v) is 7.16. The molecular formula is C5H11F2NO2S. The molecule has 0 amide bonds. The van der Waals surface area contributed by atoms with Gasteiger partial charge < -0.3 is 5.73 Å². The molecule has 0 aromatic rings. The first kappa shape index (κ1) is 10.8. The van der Waals surface area contributed by atoms with E-state index in [2.05, 4.69) is 5.73 Å². The van der Waals surface area contributed by atoms with Crippen molar-refractivity contribution in [3.63, 3.8) is 0 Å². The van der Waals surface area contributed by atoms with Gasteiger partial charge in [-0.05, 0) is 13.8 Å². The van der Waals surface area contributed by atoms with Crippen LogP contribution in [0, 0.1) is 0 Å². The number of nitrogens with two attached hydrogens (primary N) is 1. The van der Waals surface area contributed by atoms with Crippen LogP contribution < -0.4 is 5.73 Å². The van der Waals surface area contributed by atoms with Crippen LogP contribution in [0.3, 0.4) is 0 Å². The molecule has 0 fully saturated rings. The first-order valence-electron chi connectivity index (χ1n) is 3.07. The van der Waals surface area contributed by atoms with E-state index >= 15 is 0 Å². The minimum absolute atomic E-state index is 1.10. The van der Waals surface area contributed by atoms with Crippen LogP contribution in [0.2, 0.25) is 0 Å². The van der Waals surface area contributed by atoms with Gasteiger partial charge >= 0.3 is 5.25 Å². The normalized spacial score (nSPS) is 14.0. The Morgan fingerprint density at radius 3 is 1.91 bits per heavy atom. The standard InChI is InChI=1S/C5H11F2NO2S/c1-4(2)11(9,10)5(6,7)3-8/h4H,3,8H2,1-2H3. The molecule has 2 N–H and O–H groups in total. The monoisotopic (exact) mass is 187 g/mol. The highest BCUT2D eigenvalue weighted by atomic mass is 32.2. The summed E-state index contributed by atoms with van der Waals surface area (Å²) < 4.78 is 46.4. The predicted molar refractivity (Wildman–Crippen MR) is 38.1 cm³/mol. The van der Waals surface area contributed by atoms with E-state index in [1.165, 1.54) is 13.8 Å². The smallest absolute Gasteiger partial charge is 0.324 e. The number of hydrogen-bond donors (Lipinski definition) is 1. The molecule has 3 nitrogen and oxygen atoms in total. The van der Waals surface area contributed by atoms with Crippen molar-refractivity contribution in [1.82, 2.24) is 0 Å². The minimum Gasteiger partial charge on any atom is -0.324 e. The van der Waals surface area contributed by atoms with Crippen molar-refractivity contribution in [3.8, 4) is 0 Å². The molecule has 0 aliphatic rings. The van der Waals surface area contributed by atoms with Gasteiger partial charge in [-0.15, -0.1) is 0 Å². The van der Waals surface area contributed by atoms with Crippen molar-refractivity contribution in [2.24, 2.45) is 5.73 Å². The molecule has 0 aromatic carbocycles. The lowest BCUT2D eigenvalue weighted by Crippen LogP contribution is -2.41. The summed E-state index contributed by atoms with van der Waals surface area (Å²) >= 11 is 0. The molecule has 0 aromatic heterocycles. The summed E-state index contributed by atoms with van der Waals surface area (Å²) in [7, 11) is -4.38. The van der Waals surface area contributed by atoms with E-state index in [9.17, 15) is 17.2 Å². The number of rotatable bonds is 3. The number of hydrogen-bond acceptors (Lipinski definition) is 3. The number of alkyl halides is 2. The average molecular weight is 187 g/mol. The Balaban J connectivity index is 4.85. The van der Waals surface area contributed by atoms with Gasteiger partial charge in [0.05, 0.1) is 11.8 Å². The van der Waals surface area contributed by atoms with E-state index in [4.69, 9.17) is 0 Å². The predicted octanol–water partition coefficient (Wildman–Crippen LogP) is 0.361. The summed E-state index contributed by atoms with van der Waals surface area (Å²) in [4.78, 5) is 0. The van der Waals surface area contributed by atoms with Crippen LogP contribution in [0.5, 0.6) is 0 Å². The van der Waals surface area contributed by atoms with Gasteiger partial charge in [-0.1, -0.05) is 0 Å². The van der Waals surface area contributed by atoms with E-state index in [1.54, 1.807) is 0 Å². The third-order valence-corrected chi connectivity index (χ3v) is 3.51. The molecule has 0 aliphatic carbocycles. The van der Waals surface area contributed by atoms with Crippen LogP contribution in [0.4, 0.5) is 8.78 Å². The Morgan fingerprint density at radius 2 is 1.82 bits per heavy atom. The van der Waals surface area contributed by atoms with Gasteiger partial charge in [0, 0.05) is 0 Å². The summed E-state index contributed by atoms with van der Waals surface area (Å²) in [6, 6.07) is 0. The maximum absolute atomic E-state index is 12.5. The molecule has 11 heavy (non-hydrogen) atoms. The molecule has 6 heteroatoms. The topological polar surface area (TPSA) is 60.2 Å². The summed E-state index contributed by atoms with van der Waals surface area (Å²) in [6.07, 6.45) is 0. The van der Waals surface area contributed by atoms with Gasteiger partial charge in [-0.2, -0.15) is 8.78 Å². The largest absolute Gasteiger partial charge is 0.357 e. The van der Waals surface area contributed by atoms with Crippen LogP contribution in [-0.2, 0) is 9.84 Å². The van der Waals surface area contributed by atoms with E-state index in [1.807, 2.05) is 0 Å². The fraction of sp³-hybridized carbons (Fsp3) is 1.00. The summed E-state index contributed by atoms with van der Waals surface area (Å²) in [5.74, 6) is 0. The molecule has 0 unspecified atom stereocenters. The Kier molecular flexibility index (Phi) is 2.96. The van der Waals surface area contributed by atoms with Crippen LogP contribution in [0.15, 0.2) is 0 Å². The Hall–Kier alpha value is -0.230. The molecule has 0 aliphatic heterocycles. The molecule has 0 saturated carbocycles. The van der Waals surface area contributed by atoms with E-state index < -0.39 is 26.9 Å². The highest BCUT2D eigenvalue weighted by Crippen LogP contribution is 2.23. The summed E-state index contributed by atoms with van der Waals surface area (Å²) in [5.41, 5.74) is 4.60. The van der Waals surface area contributed by atoms with Crippen molar-refractivity contribution in [2.75, 3.05) is 6.54 Å². The van der Waals surface area contributed by atoms with Crippen LogP contribution in [0.25, 0.3) is 0 Å². The lowest BCUT2D eigenvalue weighted by atomic mass is 10.6. The second-order valence-corrected chi connectivity index (χ2v) is 5.07. The van der Waals surface area contributed by atoms with Gasteiger partial charge in [-0.3, -0.25) is 0 Å². The Bertz CT molecular complexity index is 223. The van der Waals surface area contributed by atoms with Crippen molar-refractivity contribution in [3.05, 3.63) is 0 Å². The van der Waals surface area contributed by atoms with Crippen molar-refractivity contribution < 1.29 is 17.2 Å². The van der Waals surface area contributed by atoms with Crippen molar-refractivity contribution in [1.29, 1.82) is 0 Å². The van der Waals surface area contributed by atoms with Gasteiger partial charge in [0.2, 0.25) is 9.84 Å². The molecule has 0 atom stereocenters. The summed E-state index contributed by atoms with van der Waals surface area (Å²) in [6.45, 7) is 1.23. The lowest BCUT2D eigenvalue weighted by molar-refractivity contribution is 0.101. The number of halogens is 2. The molecular weight excluding hydrogens is 176 g/mol. The molecule has 68 valence electrons. The van der Waals surface area contributed by atoms with E-state index in [0.717, 1.165) is 0 Å². The van der Waals surface area contributed by atoms with Crippen molar-refractivity contribution >= 4 is 9.84 Å². The van der Waals surface area contributed by atoms with Crippen molar-refractivity contribution in [2.45, 2.75) is 24.4 Å². The molecule has 0 bridgehead atoms. The highest BCUT2D eigenvalue weighted by molar-refractivity contribution is 7.93. The van der Waals surface area contributed by atoms with Gasteiger partial charge in [0.25, 0.3) is 0 Å². The summed E-state index contributed by atoms with van der Waals surface area (Å²) in [5, 5.41) is -4.89. The van der Waals surface area contributed by atoms with E-state index in [-0.39, 0.29) is 0 Å². The average Bonchev–Trinajstić information content (AvgIpc) is 1.87. The molecule has 0 spiro atoms. The third-order valence-electron chi connectivity index (χ3n) is 1.27. The third kappa shape index (κ3) is 1.87. The molecule has 0 heterocycles. The molecule has 0 radical (unpaired) electrons. The highest BCUT2D eigenvalue weighted by Gasteiger charge is 2.45. The fourth-order valence-corrected chi connectivity index (χ4v) is 1.38. The van der Waals surface area contributed by atoms with Gasteiger partial charge in [0.15, 0.2) is 0 Å². The maximum Gasteiger partial charge on any atom is 0.357 e. The van der Waals surface area contributed by atoms with Gasteiger partial charge in [-0.25, -0.2) is 8.42 Å². The van der Waals surface area contributed by atoms with Gasteiger partial charge in [0.1, 0.15) is 0 Å². The SMILES string of the molecule is CC(C)S(=O)(=O)C(F)(F)CN. The van der Waals surface area contributed by atoms with Crippen LogP contribution in [-0.4, -0.2) is 25.5 Å². The molecule has 0 rings (SSSR count). The maximum atomic E-state index is 12.5. The minimum atomic E-state index is -4.38. The Labute approximate surface area is 64.5 Å². The molecule has 0 saturated heterocycles. The Morgan fingerprint density at radius 1 is 1.45 bits per heavy atom. The van der Waals surface area contributed by atoms with Crippen LogP contribution in [0.1, 0.15) is 13.8 Å². The number of sulfone groups is 1. The zero-order chi connectivity index (χ0) is 9.28. The zero-order valence-electron chi connectivity index (χ0n) is 6.34. The van der Waals surface area contributed by atoms with E-state index in [0.29, 0.717) is 0 Å². The quantitative estimate of drug-likeness (QED) is 0.694. The first-order chi connectivity index (χ1) is 4.75. The second kappa shape index (κ2) is 3.02. The second-order valence-electron chi connectivity index (χ2n) is 2.44. The lowest BCUT2D eigenvalue weighted by Gasteiger charge is -2.16. The first-order valence-corrected chi connectivity index (χ1v) is 4.61.